The first-order valence-electron chi connectivity index (χ1n) is 5.95. The van der Waals surface area contributed by atoms with Crippen LogP contribution in [0.4, 0.5) is 5.95 Å². The van der Waals surface area contributed by atoms with Crippen LogP contribution in [0.3, 0.4) is 0 Å². The molecule has 5 heteroatoms. The van der Waals surface area contributed by atoms with Gasteiger partial charge in [-0.2, -0.15) is 4.98 Å². The minimum Gasteiger partial charge on any atom is -0.481 e. The van der Waals surface area contributed by atoms with Gasteiger partial charge in [0.05, 0.1) is 7.11 Å². The van der Waals surface area contributed by atoms with Crippen LogP contribution in [0.1, 0.15) is 32.4 Å². The van der Waals surface area contributed by atoms with E-state index in [0.717, 1.165) is 18.5 Å². The number of hydrogen-bond acceptors (Lipinski definition) is 5. The molecule has 0 aliphatic carbocycles. The maximum absolute atomic E-state index is 6.20. The van der Waals surface area contributed by atoms with Gasteiger partial charge in [-0.1, -0.05) is 13.8 Å². The number of ether oxygens (including phenoxy) is 1. The zero-order valence-corrected chi connectivity index (χ0v) is 11.1. The number of hydrogen-bond donors (Lipinski definition) is 2. The van der Waals surface area contributed by atoms with E-state index in [0.29, 0.717) is 18.4 Å². The number of nitrogens with two attached hydrogens (primary N) is 1. The molecule has 0 saturated carbocycles. The Morgan fingerprint density at radius 1 is 1.35 bits per heavy atom. The molecule has 0 fully saturated rings. The van der Waals surface area contributed by atoms with Crippen LogP contribution in [0, 0.1) is 6.92 Å². The largest absolute Gasteiger partial charge is 0.481 e. The van der Waals surface area contributed by atoms with Crippen LogP contribution in [-0.4, -0.2) is 29.2 Å². The molecule has 0 radical (unpaired) electrons. The molecule has 3 N–H and O–H groups in total. The van der Waals surface area contributed by atoms with Crippen LogP contribution in [0.25, 0.3) is 0 Å². The van der Waals surface area contributed by atoms with Gasteiger partial charge in [-0.3, -0.25) is 0 Å². The van der Waals surface area contributed by atoms with Crippen molar-refractivity contribution >= 4 is 5.95 Å². The van der Waals surface area contributed by atoms with Crippen molar-refractivity contribution < 1.29 is 4.74 Å². The summed E-state index contributed by atoms with van der Waals surface area (Å²) in [5, 5.41) is 3.18. The minimum absolute atomic E-state index is 0.208. The summed E-state index contributed by atoms with van der Waals surface area (Å²) in [6, 6.07) is 1.79. The molecule has 1 aromatic rings. The molecule has 5 nitrogen and oxygen atoms in total. The van der Waals surface area contributed by atoms with E-state index < -0.39 is 0 Å². The highest BCUT2D eigenvalue weighted by atomic mass is 16.5. The Labute approximate surface area is 103 Å². The van der Waals surface area contributed by atoms with Gasteiger partial charge in [-0.25, -0.2) is 4.98 Å². The van der Waals surface area contributed by atoms with Crippen molar-refractivity contribution in [2.24, 2.45) is 5.73 Å². The molecule has 0 amide bonds. The van der Waals surface area contributed by atoms with Gasteiger partial charge in [0.1, 0.15) is 0 Å². The lowest BCUT2D eigenvalue weighted by Crippen LogP contribution is -2.45. The van der Waals surface area contributed by atoms with Crippen molar-refractivity contribution in [1.29, 1.82) is 0 Å². The molecule has 1 heterocycles. The average Bonchev–Trinajstić information content (AvgIpc) is 2.35. The van der Waals surface area contributed by atoms with Gasteiger partial charge in [0.25, 0.3) is 0 Å². The van der Waals surface area contributed by atoms with Gasteiger partial charge in [0.2, 0.25) is 11.8 Å². The van der Waals surface area contributed by atoms with E-state index in [9.17, 15) is 0 Å². The van der Waals surface area contributed by atoms with E-state index in [1.807, 2.05) is 6.92 Å². The monoisotopic (exact) mass is 238 g/mol. The summed E-state index contributed by atoms with van der Waals surface area (Å²) in [4.78, 5) is 8.52. The molecule has 0 saturated heterocycles. The quantitative estimate of drug-likeness (QED) is 0.789. The zero-order chi connectivity index (χ0) is 12.9. The first-order chi connectivity index (χ1) is 8.03. The first-order valence-corrected chi connectivity index (χ1v) is 5.95. The van der Waals surface area contributed by atoms with Crippen LogP contribution in [0.2, 0.25) is 0 Å². The third-order valence-electron chi connectivity index (χ3n) is 3.05. The topological polar surface area (TPSA) is 73.1 Å². The van der Waals surface area contributed by atoms with Gasteiger partial charge in [0.15, 0.2) is 0 Å². The van der Waals surface area contributed by atoms with Crippen LogP contribution in [0.5, 0.6) is 5.88 Å². The van der Waals surface area contributed by atoms with Gasteiger partial charge in [0, 0.05) is 23.8 Å². The summed E-state index contributed by atoms with van der Waals surface area (Å²) in [5.74, 6) is 1.13. The fourth-order valence-electron chi connectivity index (χ4n) is 1.48. The summed E-state index contributed by atoms with van der Waals surface area (Å²) >= 11 is 0. The van der Waals surface area contributed by atoms with E-state index in [2.05, 4.69) is 29.1 Å². The van der Waals surface area contributed by atoms with E-state index in [-0.39, 0.29) is 5.54 Å². The summed E-state index contributed by atoms with van der Waals surface area (Å²) in [6.45, 7) is 6.74. The van der Waals surface area contributed by atoms with E-state index >= 15 is 0 Å². The summed E-state index contributed by atoms with van der Waals surface area (Å²) in [5.41, 5.74) is 6.87. The average molecular weight is 238 g/mol. The van der Waals surface area contributed by atoms with Gasteiger partial charge >= 0.3 is 0 Å². The second-order valence-electron chi connectivity index (χ2n) is 4.30. The Balaban J connectivity index is 2.72. The molecular formula is C12H22N4O. The van der Waals surface area contributed by atoms with Crippen molar-refractivity contribution in [2.75, 3.05) is 19.0 Å². The molecule has 0 aromatic carbocycles. The standard InChI is InChI=1S/C12H22N4O/c1-5-12(13,6-2)8-14-11-15-9(3)7-10(16-11)17-4/h7H,5-6,8,13H2,1-4H3,(H,14,15,16). The van der Waals surface area contributed by atoms with Crippen LogP contribution in [-0.2, 0) is 0 Å². The Morgan fingerprint density at radius 3 is 2.53 bits per heavy atom. The highest BCUT2D eigenvalue weighted by Gasteiger charge is 2.20. The van der Waals surface area contributed by atoms with Crippen LogP contribution < -0.4 is 15.8 Å². The van der Waals surface area contributed by atoms with Gasteiger partial charge < -0.3 is 15.8 Å². The van der Waals surface area contributed by atoms with Crippen molar-refractivity contribution in [2.45, 2.75) is 39.2 Å². The number of aryl methyl sites for hydroxylation is 1. The Morgan fingerprint density at radius 2 is 2.00 bits per heavy atom. The zero-order valence-electron chi connectivity index (χ0n) is 11.1. The lowest BCUT2D eigenvalue weighted by molar-refractivity contribution is 0.395. The highest BCUT2D eigenvalue weighted by molar-refractivity contribution is 5.31. The lowest BCUT2D eigenvalue weighted by Gasteiger charge is -2.26. The van der Waals surface area contributed by atoms with Gasteiger partial charge in [-0.15, -0.1) is 0 Å². The summed E-state index contributed by atoms with van der Waals surface area (Å²) < 4.78 is 5.10. The number of rotatable bonds is 6. The number of nitrogens with one attached hydrogen (secondary N) is 1. The summed E-state index contributed by atoms with van der Waals surface area (Å²) in [7, 11) is 1.59. The second-order valence-corrected chi connectivity index (χ2v) is 4.30. The molecule has 1 aromatic heterocycles. The Bertz CT molecular complexity index is 364. The lowest BCUT2D eigenvalue weighted by atomic mass is 9.94. The smallest absolute Gasteiger partial charge is 0.226 e. The van der Waals surface area contributed by atoms with Gasteiger partial charge in [-0.05, 0) is 19.8 Å². The molecule has 96 valence electrons. The number of anilines is 1. The number of aromatic nitrogens is 2. The Hall–Kier alpha value is -1.36. The molecule has 0 spiro atoms. The number of nitrogens with zero attached hydrogens (tertiary/aromatic N) is 2. The van der Waals surface area contributed by atoms with Crippen LogP contribution in [0.15, 0.2) is 6.07 Å². The third kappa shape index (κ3) is 3.85. The van der Waals surface area contributed by atoms with Crippen LogP contribution >= 0.6 is 0 Å². The summed E-state index contributed by atoms with van der Waals surface area (Å²) in [6.07, 6.45) is 1.83. The molecule has 0 aliphatic heterocycles. The predicted octanol–water partition coefficient (Wildman–Crippen LogP) is 1.72. The number of methoxy groups -OCH3 is 1. The maximum atomic E-state index is 6.20. The molecule has 17 heavy (non-hydrogen) atoms. The SMILES string of the molecule is CCC(N)(CC)CNc1nc(C)cc(OC)n1. The molecule has 0 atom stereocenters. The van der Waals surface area contributed by atoms with Crippen molar-refractivity contribution in [3.63, 3.8) is 0 Å². The Kier molecular flexibility index (Phi) is 4.69. The highest BCUT2D eigenvalue weighted by Crippen LogP contribution is 2.14. The molecule has 1 rings (SSSR count). The molecule has 0 unspecified atom stereocenters. The molecule has 0 bridgehead atoms. The van der Waals surface area contributed by atoms with Crippen molar-refractivity contribution in [1.82, 2.24) is 9.97 Å². The fourth-order valence-corrected chi connectivity index (χ4v) is 1.48. The third-order valence-corrected chi connectivity index (χ3v) is 3.05. The normalized spacial score (nSPS) is 11.4. The predicted molar refractivity (Wildman–Crippen MR) is 69.3 cm³/mol. The van der Waals surface area contributed by atoms with Crippen molar-refractivity contribution in [3.8, 4) is 5.88 Å². The second kappa shape index (κ2) is 5.82. The van der Waals surface area contributed by atoms with Crippen molar-refractivity contribution in [3.05, 3.63) is 11.8 Å². The van der Waals surface area contributed by atoms with E-state index in [4.69, 9.17) is 10.5 Å². The van der Waals surface area contributed by atoms with E-state index in [1.165, 1.54) is 0 Å². The van der Waals surface area contributed by atoms with E-state index in [1.54, 1.807) is 13.2 Å². The minimum atomic E-state index is -0.208. The first kappa shape index (κ1) is 13.7. The molecular weight excluding hydrogens is 216 g/mol. The molecule has 0 aliphatic rings. The maximum Gasteiger partial charge on any atom is 0.226 e. The fraction of sp³-hybridized carbons (Fsp3) is 0.667.